The van der Waals surface area contributed by atoms with Crippen molar-refractivity contribution < 1.29 is 14.7 Å². The van der Waals surface area contributed by atoms with Gasteiger partial charge in [-0.15, -0.1) is 0 Å². The zero-order chi connectivity index (χ0) is 13.8. The number of aliphatic carboxylic acids is 1. The van der Waals surface area contributed by atoms with Gasteiger partial charge in [-0.05, 0) is 17.7 Å². The third-order valence-corrected chi connectivity index (χ3v) is 2.72. The molecule has 0 saturated heterocycles. The second-order valence-corrected chi connectivity index (χ2v) is 4.35. The minimum absolute atomic E-state index is 0.151. The molecule has 0 saturated carbocycles. The molecule has 0 radical (unpaired) electrons. The van der Waals surface area contributed by atoms with Crippen LogP contribution in [0.2, 0.25) is 5.02 Å². The first kappa shape index (κ1) is 13.2. The number of aromatic amines is 1. The quantitative estimate of drug-likeness (QED) is 0.804. The zero-order valence-electron chi connectivity index (χ0n) is 9.81. The van der Waals surface area contributed by atoms with Crippen LogP contribution in [0.5, 0.6) is 0 Å². The van der Waals surface area contributed by atoms with Crippen molar-refractivity contribution in [1.82, 2.24) is 4.98 Å². The van der Waals surface area contributed by atoms with Crippen LogP contribution in [0.4, 0.5) is 5.69 Å². The monoisotopic (exact) mass is 278 g/mol. The first-order valence-electron chi connectivity index (χ1n) is 5.51. The Hall–Kier alpha value is -2.27. The maximum absolute atomic E-state index is 11.9. The van der Waals surface area contributed by atoms with E-state index in [1.54, 1.807) is 24.3 Å². The Morgan fingerprint density at radius 2 is 2.05 bits per heavy atom. The molecule has 1 aromatic heterocycles. The lowest BCUT2D eigenvalue weighted by atomic mass is 10.1. The van der Waals surface area contributed by atoms with Gasteiger partial charge >= 0.3 is 5.97 Å². The number of carbonyl (C=O) groups is 2. The van der Waals surface area contributed by atoms with Crippen LogP contribution in [0, 0.1) is 0 Å². The third-order valence-electron chi connectivity index (χ3n) is 2.50. The topological polar surface area (TPSA) is 82.2 Å². The number of anilines is 1. The van der Waals surface area contributed by atoms with E-state index in [0.29, 0.717) is 22.0 Å². The highest BCUT2D eigenvalue weighted by molar-refractivity contribution is 6.31. The van der Waals surface area contributed by atoms with E-state index in [9.17, 15) is 9.59 Å². The van der Waals surface area contributed by atoms with Crippen molar-refractivity contribution >= 4 is 29.2 Å². The molecule has 0 aliphatic carbocycles. The predicted molar refractivity (Wildman–Crippen MR) is 71.5 cm³/mol. The lowest BCUT2D eigenvalue weighted by Gasteiger charge is -2.08. The van der Waals surface area contributed by atoms with Crippen LogP contribution in [0.15, 0.2) is 36.5 Å². The molecular formula is C13H11ClN2O3. The van der Waals surface area contributed by atoms with Crippen LogP contribution in [-0.2, 0) is 11.2 Å². The maximum Gasteiger partial charge on any atom is 0.307 e. The number of halogens is 1. The first-order valence-corrected chi connectivity index (χ1v) is 5.89. The predicted octanol–water partition coefficient (Wildman–Crippen LogP) is 2.55. The summed E-state index contributed by atoms with van der Waals surface area (Å²) in [5, 5.41) is 11.9. The molecule has 19 heavy (non-hydrogen) atoms. The van der Waals surface area contributed by atoms with E-state index >= 15 is 0 Å². The van der Waals surface area contributed by atoms with Gasteiger partial charge in [0.05, 0.1) is 11.4 Å². The second-order valence-electron chi connectivity index (χ2n) is 3.91. The fourth-order valence-electron chi connectivity index (χ4n) is 1.65. The summed E-state index contributed by atoms with van der Waals surface area (Å²) in [4.78, 5) is 25.4. The average molecular weight is 279 g/mol. The molecule has 0 atom stereocenters. The number of para-hydroxylation sites is 1. The van der Waals surface area contributed by atoms with Gasteiger partial charge in [0.2, 0.25) is 0 Å². The lowest BCUT2D eigenvalue weighted by Crippen LogP contribution is -2.14. The van der Waals surface area contributed by atoms with Gasteiger partial charge in [-0.25, -0.2) is 0 Å². The summed E-state index contributed by atoms with van der Waals surface area (Å²) in [7, 11) is 0. The van der Waals surface area contributed by atoms with E-state index in [2.05, 4.69) is 10.3 Å². The van der Waals surface area contributed by atoms with E-state index in [0.717, 1.165) is 0 Å². The number of benzene rings is 1. The van der Waals surface area contributed by atoms with Gasteiger partial charge < -0.3 is 15.4 Å². The Morgan fingerprint density at radius 3 is 2.68 bits per heavy atom. The molecule has 5 nitrogen and oxygen atoms in total. The standard InChI is InChI=1S/C13H11ClN2O3/c14-9-6-11(15-7-9)13(19)16-10-4-2-1-3-8(10)5-12(17)18/h1-4,6-7,15H,5H2,(H,16,19)(H,17,18). The Kier molecular flexibility index (Phi) is 3.87. The Labute approximate surface area is 114 Å². The number of carboxylic acids is 1. The molecule has 2 aromatic rings. The van der Waals surface area contributed by atoms with Crippen molar-refractivity contribution in [3.63, 3.8) is 0 Å². The highest BCUT2D eigenvalue weighted by atomic mass is 35.5. The number of carboxylic acid groups (broad SMARTS) is 1. The number of rotatable bonds is 4. The second kappa shape index (κ2) is 5.58. The summed E-state index contributed by atoms with van der Waals surface area (Å²) in [6.07, 6.45) is 1.35. The highest BCUT2D eigenvalue weighted by Crippen LogP contribution is 2.17. The molecule has 0 aliphatic heterocycles. The number of nitrogens with one attached hydrogen (secondary N) is 2. The Balaban J connectivity index is 2.19. The van der Waals surface area contributed by atoms with Crippen LogP contribution < -0.4 is 5.32 Å². The molecule has 3 N–H and O–H groups in total. The van der Waals surface area contributed by atoms with Crippen LogP contribution >= 0.6 is 11.6 Å². The Morgan fingerprint density at radius 1 is 1.32 bits per heavy atom. The number of H-pyrrole nitrogens is 1. The van der Waals surface area contributed by atoms with Crippen LogP contribution in [0.1, 0.15) is 16.1 Å². The van der Waals surface area contributed by atoms with Gasteiger partial charge in [0.1, 0.15) is 5.69 Å². The Bertz CT molecular complexity index is 622. The molecular weight excluding hydrogens is 268 g/mol. The number of amides is 1. The van der Waals surface area contributed by atoms with E-state index in [1.165, 1.54) is 12.3 Å². The molecule has 6 heteroatoms. The maximum atomic E-state index is 11.9. The van der Waals surface area contributed by atoms with Crippen molar-refractivity contribution in [3.05, 3.63) is 52.8 Å². The van der Waals surface area contributed by atoms with Crippen molar-refractivity contribution in [3.8, 4) is 0 Å². The molecule has 0 bridgehead atoms. The van der Waals surface area contributed by atoms with Crippen molar-refractivity contribution in [1.29, 1.82) is 0 Å². The molecule has 0 spiro atoms. The van der Waals surface area contributed by atoms with Gasteiger partial charge in [0.25, 0.3) is 5.91 Å². The molecule has 0 aliphatic rings. The summed E-state index contributed by atoms with van der Waals surface area (Å²) >= 11 is 5.72. The fourth-order valence-corrected chi connectivity index (χ4v) is 1.81. The van der Waals surface area contributed by atoms with Gasteiger partial charge in [-0.2, -0.15) is 0 Å². The van der Waals surface area contributed by atoms with E-state index in [4.69, 9.17) is 16.7 Å². The van der Waals surface area contributed by atoms with E-state index in [1.807, 2.05) is 0 Å². The lowest BCUT2D eigenvalue weighted by molar-refractivity contribution is -0.136. The third kappa shape index (κ3) is 3.35. The average Bonchev–Trinajstić information content (AvgIpc) is 2.78. The number of aromatic nitrogens is 1. The van der Waals surface area contributed by atoms with Gasteiger partial charge in [0.15, 0.2) is 0 Å². The summed E-state index contributed by atoms with van der Waals surface area (Å²) in [5.74, 6) is -1.32. The molecule has 0 fully saturated rings. The van der Waals surface area contributed by atoms with E-state index < -0.39 is 5.97 Å². The normalized spacial score (nSPS) is 10.2. The van der Waals surface area contributed by atoms with Crippen molar-refractivity contribution in [2.24, 2.45) is 0 Å². The largest absolute Gasteiger partial charge is 0.481 e. The van der Waals surface area contributed by atoms with Gasteiger partial charge in [-0.1, -0.05) is 29.8 Å². The summed E-state index contributed by atoms with van der Waals surface area (Å²) < 4.78 is 0. The molecule has 1 aromatic carbocycles. The van der Waals surface area contributed by atoms with E-state index in [-0.39, 0.29) is 12.3 Å². The van der Waals surface area contributed by atoms with Gasteiger partial charge in [-0.3, -0.25) is 9.59 Å². The molecule has 0 unspecified atom stereocenters. The molecule has 2 rings (SSSR count). The first-order chi connectivity index (χ1) is 9.06. The van der Waals surface area contributed by atoms with Crippen molar-refractivity contribution in [2.45, 2.75) is 6.42 Å². The molecule has 1 heterocycles. The summed E-state index contributed by atoms with van der Waals surface area (Å²) in [5.41, 5.74) is 1.33. The smallest absolute Gasteiger partial charge is 0.307 e. The molecule has 1 amide bonds. The number of hydrogen-bond donors (Lipinski definition) is 3. The SMILES string of the molecule is O=C(O)Cc1ccccc1NC(=O)c1cc(Cl)c[nH]1. The van der Waals surface area contributed by atoms with Crippen LogP contribution in [-0.4, -0.2) is 22.0 Å². The van der Waals surface area contributed by atoms with Gasteiger partial charge in [0, 0.05) is 11.9 Å². The fraction of sp³-hybridized carbons (Fsp3) is 0.0769. The van der Waals surface area contributed by atoms with Crippen LogP contribution in [0.3, 0.4) is 0 Å². The highest BCUT2D eigenvalue weighted by Gasteiger charge is 2.12. The minimum Gasteiger partial charge on any atom is -0.481 e. The zero-order valence-corrected chi connectivity index (χ0v) is 10.6. The molecule has 98 valence electrons. The summed E-state index contributed by atoms with van der Waals surface area (Å²) in [6, 6.07) is 8.25. The number of carbonyl (C=O) groups excluding carboxylic acids is 1. The van der Waals surface area contributed by atoms with Crippen molar-refractivity contribution in [2.75, 3.05) is 5.32 Å². The summed E-state index contributed by atoms with van der Waals surface area (Å²) in [6.45, 7) is 0. The minimum atomic E-state index is -0.954. The van der Waals surface area contributed by atoms with Crippen LogP contribution in [0.25, 0.3) is 0 Å². The number of hydrogen-bond acceptors (Lipinski definition) is 2.